The molecule has 1 saturated carbocycles. The van der Waals surface area contributed by atoms with E-state index < -0.39 is 17.8 Å². The molecule has 0 radical (unpaired) electrons. The molecule has 0 unspecified atom stereocenters. The summed E-state index contributed by atoms with van der Waals surface area (Å²) in [4.78, 5) is 64.6. The van der Waals surface area contributed by atoms with E-state index in [0.717, 1.165) is 153 Å². The number of terminal acetylenes is 1. The minimum absolute atomic E-state index is 0. The van der Waals surface area contributed by atoms with Crippen molar-refractivity contribution in [3.8, 4) is 30.0 Å². The van der Waals surface area contributed by atoms with Crippen LogP contribution in [0.1, 0.15) is 411 Å². The largest absolute Gasteiger partial charge is 0.481 e. The van der Waals surface area contributed by atoms with Crippen molar-refractivity contribution in [2.45, 2.75) is 409 Å². The molecule has 830 valence electrons. The molecule has 146 heavy (non-hydrogen) atoms. The average Bonchev–Trinajstić information content (AvgIpc) is 1.60. The number of hydrogen-bond donors (Lipinski definition) is 0. The number of methoxy groups -OCH3 is 3. The zero-order valence-corrected chi connectivity index (χ0v) is 90.4. The van der Waals surface area contributed by atoms with E-state index in [1.54, 1.807) is 64.1 Å². The molecule has 10 aromatic heterocycles. The van der Waals surface area contributed by atoms with Crippen molar-refractivity contribution >= 4 is 5.82 Å². The highest BCUT2D eigenvalue weighted by Gasteiger charge is 2.31. The van der Waals surface area contributed by atoms with Crippen LogP contribution in [0.3, 0.4) is 0 Å². The van der Waals surface area contributed by atoms with Crippen LogP contribution in [0.5, 0.6) is 17.6 Å². The van der Waals surface area contributed by atoms with Gasteiger partial charge in [-0.15, -0.1) is 16.6 Å². The standard InChI is InChI=1S/2C12H17F2N.C12H15N.C11H16F2N2.C11H18N2O2.C11H18N2O.C10H17N3.C10H16N2O.2C10H16N2.9CH4/c1-11(2,3)7-9-5-6-10(15-8-9)12(4,13)14;1-11(2,3)8-9-6-5-7-10(15-9)12(4,13)14;1-5-10-7-6-8-11(13-10)9-12(2,3)4;1-10(2,3)7-9-14-6-5-8(15-9)11(4,12)13;1-11(2,3)7-8-12-9(14-4)6-10(13-8)15-5;1-11(2,3)7-9-12-13-10(14-9)8-5-4-6-8;1-8(2)7-9-11-6-5-10(12-9)13(3)4;1-10(2,3)7-8-11-6-5-9(12-8)13-4;1-8-6-11-7-9(12-8)5-10(2,3)4;1-8-5-6-11-9(12-8)7-10(2,3)4;;;;;;;;;/h5-6,8H,7H2,1-4H3;5-7H,8H2,1-4H3;1,6-8H,9H2,2-4H3;5-6H,7H2,1-4H3;6H,7H2,1-5H3;8H,4-7H2,1-3H3;5-6,8H,7H2,1-4H3;5-6H,7H2,1-4H3;6-7H,5H2,1-4H3;5-6H,7H2,1-4H3;9*1H4. The van der Waals surface area contributed by atoms with E-state index in [-0.39, 0.29) is 127 Å². The minimum Gasteiger partial charge on any atom is -0.481 e. The van der Waals surface area contributed by atoms with Crippen molar-refractivity contribution in [3.63, 3.8) is 0 Å². The van der Waals surface area contributed by atoms with Gasteiger partial charge in [-0.1, -0.05) is 298 Å². The summed E-state index contributed by atoms with van der Waals surface area (Å²) in [6, 6.07) is 22.3. The van der Waals surface area contributed by atoms with Crippen LogP contribution in [-0.4, -0.2) is 120 Å². The van der Waals surface area contributed by atoms with Crippen molar-refractivity contribution in [1.82, 2.24) is 85.0 Å². The summed E-state index contributed by atoms with van der Waals surface area (Å²) in [5, 5.41) is 8.19. The smallest absolute Gasteiger partial charge is 0.287 e. The van der Waals surface area contributed by atoms with Crippen LogP contribution in [-0.2, 0) is 82.0 Å². The maximum atomic E-state index is 13.0. The van der Waals surface area contributed by atoms with Gasteiger partial charge in [0.2, 0.25) is 29.4 Å². The first-order chi connectivity index (χ1) is 62.6. The average molecular weight is 2050 g/mol. The first-order valence-electron chi connectivity index (χ1n) is 47.1. The number of nitrogens with zero attached hydrogens (tertiary/aromatic N) is 18. The Balaban J connectivity index is -0.000000240. The molecule has 0 bridgehead atoms. The summed E-state index contributed by atoms with van der Waals surface area (Å²) in [6.45, 7) is 68.7. The number of rotatable bonds is 19. The Kier molecular flexibility index (Phi) is 69.6. The van der Waals surface area contributed by atoms with Crippen LogP contribution in [0.4, 0.5) is 32.2 Å². The second-order valence-electron chi connectivity index (χ2n) is 46.5. The van der Waals surface area contributed by atoms with E-state index in [4.69, 9.17) is 25.1 Å². The SMILES string of the molecule is C.C.C.C.C.C.C.C.C.C#Cc1cccc(CC(C)(C)C)n1.CC(C)(C)Cc1ccc(C(C)(F)F)nc1.CC(C)(C)Cc1cccc(C(C)(F)F)n1.CC(C)(C)Cc1nccc(C(C)(F)F)n1.CC(C)(C)Cc1nnc(C2CCC2)o1.CC(C)Cc1nccc(N(C)C)n1.COc1cc(OC)nc(CC(C)(C)C)n1.COc1ccnc(CC(C)(C)C)n1.Cc1ccnc(CC(C)(C)C)n1.Cc1cncc(CC(C)(C)C)n1. The van der Waals surface area contributed by atoms with E-state index in [0.29, 0.717) is 53.6 Å². The highest BCUT2D eigenvalue weighted by Crippen LogP contribution is 2.37. The van der Waals surface area contributed by atoms with Crippen LogP contribution in [0.25, 0.3) is 0 Å². The van der Waals surface area contributed by atoms with Gasteiger partial charge in [0, 0.05) is 146 Å². The van der Waals surface area contributed by atoms with Crippen LogP contribution < -0.4 is 19.1 Å². The van der Waals surface area contributed by atoms with Gasteiger partial charge in [0.25, 0.3) is 17.8 Å². The van der Waals surface area contributed by atoms with Crippen molar-refractivity contribution < 1.29 is 45.0 Å². The fourth-order valence-corrected chi connectivity index (χ4v) is 12.4. The number of hydrogen-bond acceptors (Lipinski definition) is 22. The second-order valence-corrected chi connectivity index (χ2v) is 46.5. The third-order valence-electron chi connectivity index (χ3n) is 18.3. The lowest BCUT2D eigenvalue weighted by atomic mass is 9.85. The molecule has 1 aliphatic carbocycles. The lowest BCUT2D eigenvalue weighted by molar-refractivity contribution is 0.0117. The van der Waals surface area contributed by atoms with E-state index in [9.17, 15) is 26.3 Å². The van der Waals surface area contributed by atoms with Gasteiger partial charge in [0.1, 0.15) is 57.7 Å². The topological polar surface area (TPSA) is 263 Å². The lowest BCUT2D eigenvalue weighted by Gasteiger charge is -2.21. The van der Waals surface area contributed by atoms with E-state index in [2.05, 4.69) is 271 Å². The Labute approximate surface area is 885 Å². The molecule has 0 atom stereocenters. The molecule has 0 N–H and O–H groups in total. The molecule has 0 aromatic carbocycles. The molecule has 0 saturated heterocycles. The molecule has 28 heteroatoms. The molecule has 11 rings (SSSR count). The summed E-state index contributed by atoms with van der Waals surface area (Å²) in [5.74, 6) is 3.39. The summed E-state index contributed by atoms with van der Waals surface area (Å²) in [5.41, 5.74) is 7.75. The summed E-state index contributed by atoms with van der Waals surface area (Å²) < 4.78 is 98.5. The minimum atomic E-state index is -2.89. The number of halogens is 6. The summed E-state index contributed by atoms with van der Waals surface area (Å²) in [7, 11) is 8.76. The fourth-order valence-electron chi connectivity index (χ4n) is 12.4. The third-order valence-corrected chi connectivity index (χ3v) is 18.3. The number of anilines is 1. The van der Waals surface area contributed by atoms with Crippen LogP contribution >= 0.6 is 0 Å². The lowest BCUT2D eigenvalue weighted by Crippen LogP contribution is -2.16. The van der Waals surface area contributed by atoms with E-state index in [1.165, 1.54) is 49.9 Å². The first kappa shape index (κ1) is 151. The van der Waals surface area contributed by atoms with Crippen LogP contribution in [0.15, 0.2) is 127 Å². The van der Waals surface area contributed by atoms with Crippen LogP contribution in [0, 0.1) is 80.8 Å². The zero-order valence-electron chi connectivity index (χ0n) is 90.4. The van der Waals surface area contributed by atoms with Gasteiger partial charge in [-0.3, -0.25) is 19.9 Å². The van der Waals surface area contributed by atoms with Crippen molar-refractivity contribution in [3.05, 3.63) is 220 Å². The van der Waals surface area contributed by atoms with Crippen LogP contribution in [0.2, 0.25) is 0 Å². The van der Waals surface area contributed by atoms with Crippen molar-refractivity contribution in [2.24, 2.45) is 54.7 Å². The second kappa shape index (κ2) is 67.4. The monoisotopic (exact) mass is 2050 g/mol. The highest BCUT2D eigenvalue weighted by molar-refractivity contribution is 5.35. The van der Waals surface area contributed by atoms with Gasteiger partial charge in [0.05, 0.1) is 38.8 Å². The molecular formula is C118H202F6N18O4. The molecule has 1 fully saturated rings. The van der Waals surface area contributed by atoms with Crippen molar-refractivity contribution in [1.29, 1.82) is 0 Å². The summed E-state index contributed by atoms with van der Waals surface area (Å²) in [6.07, 6.45) is 29.4. The Morgan fingerprint density at radius 2 is 0.767 bits per heavy atom. The zero-order chi connectivity index (χ0) is 105. The van der Waals surface area contributed by atoms with Crippen molar-refractivity contribution in [2.75, 3.05) is 40.3 Å². The van der Waals surface area contributed by atoms with Gasteiger partial charge < -0.3 is 23.5 Å². The Hall–Kier alpha value is -10.6. The highest BCUT2D eigenvalue weighted by atomic mass is 19.3. The molecule has 0 spiro atoms. The van der Waals surface area contributed by atoms with Gasteiger partial charge in [0.15, 0.2) is 0 Å². The Morgan fingerprint density at radius 3 is 1.16 bits per heavy atom. The first-order valence-corrected chi connectivity index (χ1v) is 47.1. The fraction of sp³-hybridized carbons (Fsp3) is 0.636. The van der Waals surface area contributed by atoms with Gasteiger partial charge >= 0.3 is 0 Å². The Morgan fingerprint density at radius 1 is 0.370 bits per heavy atom. The maximum Gasteiger partial charge on any atom is 0.287 e. The molecular weight excluding hydrogens is 1850 g/mol. The number of aryl methyl sites for hydroxylation is 2. The molecule has 22 nitrogen and oxygen atoms in total. The number of ether oxygens (including phenoxy) is 3. The number of pyridine rings is 3. The van der Waals surface area contributed by atoms with Gasteiger partial charge in [-0.25, -0.2) is 39.9 Å². The molecule has 10 aromatic rings. The third kappa shape index (κ3) is 72.7. The maximum absolute atomic E-state index is 13.0. The number of aromatic nitrogens is 17. The van der Waals surface area contributed by atoms with E-state index >= 15 is 0 Å². The Bertz CT molecular complexity index is 5020. The number of alkyl halides is 6. The van der Waals surface area contributed by atoms with Gasteiger partial charge in [-0.2, -0.15) is 41.3 Å². The normalized spacial score (nSPS) is 11.7. The predicted octanol–water partition coefficient (Wildman–Crippen LogP) is 32.7. The molecule has 1 aliphatic rings. The molecule has 10 heterocycles. The molecule has 0 amide bonds. The van der Waals surface area contributed by atoms with E-state index in [1.807, 2.05) is 103 Å². The predicted molar refractivity (Wildman–Crippen MR) is 603 cm³/mol. The summed E-state index contributed by atoms with van der Waals surface area (Å²) >= 11 is 0. The quantitative estimate of drug-likeness (QED) is 0.0538. The van der Waals surface area contributed by atoms with Gasteiger partial charge in [-0.05, 0) is 161 Å². The molecule has 0 aliphatic heterocycles.